The van der Waals surface area contributed by atoms with E-state index < -0.39 is 0 Å². The molecule has 0 radical (unpaired) electrons. The van der Waals surface area contributed by atoms with Crippen molar-refractivity contribution in [1.82, 2.24) is 0 Å². The lowest BCUT2D eigenvalue weighted by atomic mass is 11.0. The minimum absolute atomic E-state index is 0.132. The minimum Gasteiger partial charge on any atom is -0.0662 e. The van der Waals surface area contributed by atoms with Crippen LogP contribution in [0.25, 0.3) is 0 Å². The number of halogens is 3. The van der Waals surface area contributed by atoms with Gasteiger partial charge < -0.3 is 0 Å². The van der Waals surface area contributed by atoms with Crippen LogP contribution in [-0.2, 0) is 0 Å². The van der Waals surface area contributed by atoms with Crippen molar-refractivity contribution in [3.05, 3.63) is 0 Å². The highest BCUT2D eigenvalue weighted by atomic mass is 79.9. The van der Waals surface area contributed by atoms with Crippen molar-refractivity contribution in [3.8, 4) is 0 Å². The molecule has 1 heterocycles. The largest absolute Gasteiger partial charge is 0.114 e. The van der Waals surface area contributed by atoms with Crippen LogP contribution in [0.15, 0.2) is 0 Å². The molecule has 0 aromatic heterocycles. The molecule has 0 nitrogen and oxygen atoms in total. The van der Waals surface area contributed by atoms with Crippen LogP contribution in [0.2, 0.25) is 0 Å². The van der Waals surface area contributed by atoms with E-state index in [-0.39, 0.29) is 6.62 Å². The molecule has 0 aromatic carbocycles. The fourth-order valence-electron chi connectivity index (χ4n) is 0.132. The lowest BCUT2D eigenvalue weighted by Crippen LogP contribution is -1.72. The minimum atomic E-state index is 0.132. The fraction of sp³-hybridized carbons (Fsp3) is 1.00. The third-order valence-electron chi connectivity index (χ3n) is 0.581. The molecule has 0 aromatic rings. The van der Waals surface area contributed by atoms with Gasteiger partial charge in [0.2, 0.25) is 0 Å². The summed E-state index contributed by atoms with van der Waals surface area (Å²) in [7, 11) is 0. The van der Waals surface area contributed by atoms with Crippen LogP contribution < -0.4 is 0 Å². The summed E-state index contributed by atoms with van der Waals surface area (Å²) in [4.78, 5) is 0. The first-order valence-corrected chi connectivity index (χ1v) is 6.57. The first-order chi connectivity index (χ1) is 2.63. The van der Waals surface area contributed by atoms with Crippen LogP contribution in [0.1, 0.15) is 0 Å². The van der Waals surface area contributed by atoms with E-state index in [1.807, 2.05) is 0 Å². The maximum Gasteiger partial charge on any atom is 0.114 e. The van der Waals surface area contributed by atoms with Crippen LogP contribution in [0.3, 0.4) is 0 Å². The van der Waals surface area contributed by atoms with Crippen molar-refractivity contribution in [2.45, 2.75) is 2.97 Å². The van der Waals surface area contributed by atoms with E-state index in [0.717, 1.165) is 0 Å². The van der Waals surface area contributed by atoms with Gasteiger partial charge in [-0.15, -0.1) is 0 Å². The van der Waals surface area contributed by atoms with Gasteiger partial charge in [-0.2, -0.15) is 0 Å². The van der Waals surface area contributed by atoms with E-state index in [0.29, 0.717) is 2.97 Å². The summed E-state index contributed by atoms with van der Waals surface area (Å²) in [6, 6.07) is 0. The molecule has 1 atom stereocenters. The molecule has 6 heavy (non-hydrogen) atoms. The van der Waals surface area contributed by atoms with Gasteiger partial charge in [-0.1, -0.05) is 47.3 Å². The first-order valence-electron chi connectivity index (χ1n) is 1.44. The summed E-state index contributed by atoms with van der Waals surface area (Å²) in [5.41, 5.74) is 0. The Balaban J connectivity index is 2.41. The van der Waals surface area contributed by atoms with Gasteiger partial charge in [0.15, 0.2) is 0 Å². The van der Waals surface area contributed by atoms with Gasteiger partial charge in [0.25, 0.3) is 0 Å². The van der Waals surface area contributed by atoms with E-state index >= 15 is 0 Å². The molecule has 1 aliphatic heterocycles. The van der Waals surface area contributed by atoms with Gasteiger partial charge in [-0.05, 0) is 6.62 Å². The average molecular weight is 297 g/mol. The molecular weight excluding hydrogens is 295 g/mol. The van der Waals surface area contributed by atoms with E-state index in [1.165, 1.54) is 6.16 Å². The summed E-state index contributed by atoms with van der Waals surface area (Å²) >= 11 is 10.4. The van der Waals surface area contributed by atoms with Crippen LogP contribution in [0, 0.1) is 0 Å². The van der Waals surface area contributed by atoms with Crippen molar-refractivity contribution in [2.24, 2.45) is 0 Å². The molecule has 1 fully saturated rings. The maximum absolute atomic E-state index is 3.47. The Bertz CT molecular complexity index is 71.2. The number of hydrogen-bond donors (Lipinski definition) is 0. The third-order valence-corrected chi connectivity index (χ3v) is 11.2. The van der Waals surface area contributed by atoms with Crippen molar-refractivity contribution in [2.75, 3.05) is 6.16 Å². The normalized spacial score (nSPS) is 39.5. The standard InChI is InChI=1S/C2H2Br3P/c3-2(4)1-6(2)5/h1H2. The SMILES string of the molecule is BrP1CC1(Br)Br. The van der Waals surface area contributed by atoms with E-state index in [1.54, 1.807) is 0 Å². The Morgan fingerprint density at radius 1 is 1.50 bits per heavy atom. The topological polar surface area (TPSA) is 0 Å². The monoisotopic (exact) mass is 294 g/mol. The van der Waals surface area contributed by atoms with Crippen molar-refractivity contribution >= 4 is 54.0 Å². The Kier molecular flexibility index (Phi) is 1.68. The molecule has 0 bridgehead atoms. The molecule has 0 aliphatic carbocycles. The lowest BCUT2D eigenvalue weighted by molar-refractivity contribution is 1.59. The Morgan fingerprint density at radius 3 is 1.67 bits per heavy atom. The van der Waals surface area contributed by atoms with Gasteiger partial charge in [-0.25, -0.2) is 0 Å². The molecule has 1 aliphatic rings. The predicted octanol–water partition coefficient (Wildman–Crippen LogP) is 3.24. The smallest absolute Gasteiger partial charge is 0.0662 e. The van der Waals surface area contributed by atoms with Crippen LogP contribution in [-0.4, -0.2) is 9.14 Å². The van der Waals surface area contributed by atoms with Gasteiger partial charge in [0, 0.05) is 6.16 Å². The molecule has 0 N–H and O–H groups in total. The van der Waals surface area contributed by atoms with Crippen molar-refractivity contribution < 1.29 is 0 Å². The second kappa shape index (κ2) is 1.68. The van der Waals surface area contributed by atoms with Gasteiger partial charge >= 0.3 is 0 Å². The molecular formula is C2H2Br3P. The summed E-state index contributed by atoms with van der Waals surface area (Å²) in [5.74, 6) is 0. The quantitative estimate of drug-likeness (QED) is 0.475. The van der Waals surface area contributed by atoms with Crippen molar-refractivity contribution in [1.29, 1.82) is 0 Å². The highest BCUT2D eigenvalue weighted by Crippen LogP contribution is 2.80. The van der Waals surface area contributed by atoms with Gasteiger partial charge in [0.1, 0.15) is 2.97 Å². The van der Waals surface area contributed by atoms with E-state index in [9.17, 15) is 0 Å². The second-order valence-electron chi connectivity index (χ2n) is 1.19. The van der Waals surface area contributed by atoms with Crippen LogP contribution in [0.5, 0.6) is 0 Å². The Morgan fingerprint density at radius 2 is 1.67 bits per heavy atom. The summed E-state index contributed by atoms with van der Waals surface area (Å²) in [6.07, 6.45) is 1.25. The molecule has 0 amide bonds. The number of alkyl halides is 2. The molecule has 4 heteroatoms. The predicted molar refractivity (Wildman–Crippen MR) is 41.3 cm³/mol. The number of rotatable bonds is 0. The van der Waals surface area contributed by atoms with Crippen LogP contribution >= 0.6 is 54.0 Å². The third kappa shape index (κ3) is 1.18. The molecule has 0 spiro atoms. The summed E-state index contributed by atoms with van der Waals surface area (Å²) in [5, 5.41) is 0. The van der Waals surface area contributed by atoms with Crippen LogP contribution in [0.4, 0.5) is 0 Å². The maximum atomic E-state index is 3.47. The van der Waals surface area contributed by atoms with Gasteiger partial charge in [0.05, 0.1) is 0 Å². The number of hydrogen-bond acceptors (Lipinski definition) is 0. The molecule has 36 valence electrons. The summed E-state index contributed by atoms with van der Waals surface area (Å²) < 4.78 is 0.315. The second-order valence-corrected chi connectivity index (χ2v) is 10.6. The molecule has 0 saturated carbocycles. The van der Waals surface area contributed by atoms with E-state index in [2.05, 4.69) is 47.3 Å². The molecule has 1 saturated heterocycles. The Labute approximate surface area is 62.8 Å². The van der Waals surface area contributed by atoms with Crippen molar-refractivity contribution in [3.63, 3.8) is 0 Å². The summed E-state index contributed by atoms with van der Waals surface area (Å²) in [6.45, 7) is 0.132. The zero-order valence-corrected chi connectivity index (χ0v) is 8.44. The highest BCUT2D eigenvalue weighted by molar-refractivity contribution is 9.45. The zero-order valence-electron chi connectivity index (χ0n) is 2.79. The average Bonchev–Trinajstić information content (AvgIpc) is 1.73. The Hall–Kier alpha value is 1.87. The molecule has 1 rings (SSSR count). The van der Waals surface area contributed by atoms with Gasteiger partial charge in [-0.3, -0.25) is 0 Å². The fourth-order valence-corrected chi connectivity index (χ4v) is 5.84. The first kappa shape index (κ1) is 6.00. The highest BCUT2D eigenvalue weighted by Gasteiger charge is 2.48. The van der Waals surface area contributed by atoms with E-state index in [4.69, 9.17) is 0 Å². The molecule has 1 unspecified atom stereocenters. The zero-order chi connectivity index (χ0) is 4.78. The lowest BCUT2D eigenvalue weighted by Gasteiger charge is -1.84.